The van der Waals surface area contributed by atoms with Crippen molar-refractivity contribution in [3.8, 4) is 17.3 Å². The summed E-state index contributed by atoms with van der Waals surface area (Å²) in [5.41, 5.74) is 3.24. The van der Waals surface area contributed by atoms with Gasteiger partial charge in [-0.1, -0.05) is 35.9 Å². The number of rotatable bonds is 8. The van der Waals surface area contributed by atoms with Gasteiger partial charge in [-0.25, -0.2) is 0 Å². The topological polar surface area (TPSA) is 99.4 Å². The molecule has 9 heteroatoms. The molecule has 0 saturated heterocycles. The van der Waals surface area contributed by atoms with Crippen molar-refractivity contribution in [3.05, 3.63) is 88.8 Å². The number of H-pyrrole nitrogens is 1. The van der Waals surface area contributed by atoms with E-state index in [1.54, 1.807) is 34.6 Å². The molecule has 0 radical (unpaired) electrons. The highest BCUT2D eigenvalue weighted by Gasteiger charge is 2.15. The van der Waals surface area contributed by atoms with E-state index in [9.17, 15) is 4.79 Å². The van der Waals surface area contributed by atoms with Crippen molar-refractivity contribution in [2.45, 2.75) is 30.2 Å². The number of hydrogen-bond donors (Lipinski definition) is 2. The SMILES string of the molecule is C[C@@H](Cn1ccc(-c2ccc(C#N)c(Cl)c2)n1)NC(=O)c1cc(CSc2ccccc2)[nH]n1. The molecule has 0 aliphatic carbocycles. The lowest BCUT2D eigenvalue weighted by Crippen LogP contribution is -2.36. The Morgan fingerprint density at radius 2 is 2.06 bits per heavy atom. The minimum absolute atomic E-state index is 0.159. The number of thioether (sulfide) groups is 1. The van der Waals surface area contributed by atoms with Gasteiger partial charge in [0.15, 0.2) is 0 Å². The van der Waals surface area contributed by atoms with Crippen molar-refractivity contribution in [2.75, 3.05) is 0 Å². The standard InChI is InChI=1S/C24H21ClN6OS/c1-16(14-31-10-9-22(30-31)17-7-8-18(13-26)21(25)11-17)27-24(32)23-12-19(28-29-23)15-33-20-5-3-2-4-6-20/h2-12,16H,14-15H2,1H3,(H,27,32)(H,28,29)/t16-/m0/s1. The second-order valence-electron chi connectivity index (χ2n) is 7.48. The Bertz CT molecular complexity index is 1290. The fourth-order valence-electron chi connectivity index (χ4n) is 3.24. The second-order valence-corrected chi connectivity index (χ2v) is 8.94. The lowest BCUT2D eigenvalue weighted by molar-refractivity contribution is 0.0931. The minimum Gasteiger partial charge on any atom is -0.346 e. The molecule has 166 valence electrons. The number of benzene rings is 2. The molecular formula is C24H21ClN6OS. The predicted octanol–water partition coefficient (Wildman–Crippen LogP) is 4.91. The largest absolute Gasteiger partial charge is 0.346 e. The molecule has 2 heterocycles. The summed E-state index contributed by atoms with van der Waals surface area (Å²) >= 11 is 7.80. The molecule has 1 amide bonds. The lowest BCUT2D eigenvalue weighted by atomic mass is 10.1. The van der Waals surface area contributed by atoms with Crippen LogP contribution in [0.3, 0.4) is 0 Å². The first kappa shape index (κ1) is 22.6. The molecule has 2 aromatic heterocycles. The summed E-state index contributed by atoms with van der Waals surface area (Å²) in [6, 6.07) is 20.8. The number of hydrogen-bond acceptors (Lipinski definition) is 5. The Kier molecular flexibility index (Phi) is 7.13. The summed E-state index contributed by atoms with van der Waals surface area (Å²) < 4.78 is 1.76. The zero-order valence-electron chi connectivity index (χ0n) is 17.8. The van der Waals surface area contributed by atoms with Crippen LogP contribution in [0.1, 0.15) is 28.7 Å². The molecule has 7 nitrogen and oxygen atoms in total. The third-order valence-electron chi connectivity index (χ3n) is 4.87. The average molecular weight is 477 g/mol. The fourth-order valence-corrected chi connectivity index (χ4v) is 4.28. The summed E-state index contributed by atoms with van der Waals surface area (Å²) in [5.74, 6) is 0.468. The monoisotopic (exact) mass is 476 g/mol. The quantitative estimate of drug-likeness (QED) is 0.352. The van der Waals surface area contributed by atoms with Crippen LogP contribution in [0.25, 0.3) is 11.3 Å². The van der Waals surface area contributed by atoms with Crippen LogP contribution < -0.4 is 5.32 Å². The van der Waals surface area contributed by atoms with Crippen LogP contribution >= 0.6 is 23.4 Å². The van der Waals surface area contributed by atoms with Gasteiger partial charge in [-0.05, 0) is 43.3 Å². The van der Waals surface area contributed by atoms with Gasteiger partial charge in [0.25, 0.3) is 5.91 Å². The predicted molar refractivity (Wildman–Crippen MR) is 129 cm³/mol. The van der Waals surface area contributed by atoms with Crippen LogP contribution in [-0.4, -0.2) is 31.9 Å². The maximum atomic E-state index is 12.6. The van der Waals surface area contributed by atoms with E-state index in [4.69, 9.17) is 16.9 Å². The molecule has 1 atom stereocenters. The summed E-state index contributed by atoms with van der Waals surface area (Å²) in [6.07, 6.45) is 1.84. The Morgan fingerprint density at radius 1 is 1.24 bits per heavy atom. The van der Waals surface area contributed by atoms with E-state index in [0.717, 1.165) is 21.8 Å². The van der Waals surface area contributed by atoms with Crippen LogP contribution in [0.4, 0.5) is 0 Å². The molecule has 33 heavy (non-hydrogen) atoms. The molecule has 0 bridgehead atoms. The van der Waals surface area contributed by atoms with Gasteiger partial charge in [0, 0.05) is 34.1 Å². The van der Waals surface area contributed by atoms with E-state index < -0.39 is 0 Å². The third kappa shape index (κ3) is 5.83. The summed E-state index contributed by atoms with van der Waals surface area (Å²) in [7, 11) is 0. The second kappa shape index (κ2) is 10.4. The number of aromatic nitrogens is 4. The van der Waals surface area contributed by atoms with Crippen molar-refractivity contribution in [3.63, 3.8) is 0 Å². The van der Waals surface area contributed by atoms with Crippen molar-refractivity contribution < 1.29 is 4.79 Å². The normalized spacial score (nSPS) is 11.7. The number of carbonyl (C=O) groups is 1. The molecule has 2 N–H and O–H groups in total. The number of aromatic amines is 1. The van der Waals surface area contributed by atoms with Gasteiger partial charge in [-0.15, -0.1) is 11.8 Å². The molecule has 0 unspecified atom stereocenters. The van der Waals surface area contributed by atoms with Crippen LogP contribution in [0.15, 0.2) is 71.8 Å². The van der Waals surface area contributed by atoms with E-state index in [-0.39, 0.29) is 11.9 Å². The number of halogens is 1. The van der Waals surface area contributed by atoms with E-state index in [2.05, 4.69) is 20.6 Å². The molecular weight excluding hydrogens is 456 g/mol. The third-order valence-corrected chi connectivity index (χ3v) is 6.24. The van der Waals surface area contributed by atoms with E-state index in [0.29, 0.717) is 28.6 Å². The zero-order chi connectivity index (χ0) is 23.2. The highest BCUT2D eigenvalue weighted by molar-refractivity contribution is 7.98. The average Bonchev–Trinajstić information content (AvgIpc) is 3.48. The van der Waals surface area contributed by atoms with Crippen LogP contribution in [0.2, 0.25) is 5.02 Å². The van der Waals surface area contributed by atoms with Gasteiger partial charge >= 0.3 is 0 Å². The first-order valence-corrected chi connectivity index (χ1v) is 11.6. The molecule has 4 aromatic rings. The Morgan fingerprint density at radius 3 is 2.82 bits per heavy atom. The zero-order valence-corrected chi connectivity index (χ0v) is 19.4. The van der Waals surface area contributed by atoms with Crippen molar-refractivity contribution in [2.24, 2.45) is 0 Å². The number of nitriles is 1. The van der Waals surface area contributed by atoms with Crippen LogP contribution in [-0.2, 0) is 12.3 Å². The Balaban J connectivity index is 1.31. The number of carbonyl (C=O) groups excluding carboxylic acids is 1. The van der Waals surface area contributed by atoms with Gasteiger partial charge in [0.05, 0.1) is 22.8 Å². The van der Waals surface area contributed by atoms with E-state index in [1.807, 2.05) is 61.7 Å². The molecule has 0 fully saturated rings. The minimum atomic E-state index is -0.235. The summed E-state index contributed by atoms with van der Waals surface area (Å²) in [6.45, 7) is 2.41. The van der Waals surface area contributed by atoms with E-state index >= 15 is 0 Å². The maximum absolute atomic E-state index is 12.6. The van der Waals surface area contributed by atoms with Crippen molar-refractivity contribution >= 4 is 29.3 Å². The van der Waals surface area contributed by atoms with Crippen molar-refractivity contribution in [1.29, 1.82) is 5.26 Å². The maximum Gasteiger partial charge on any atom is 0.272 e. The number of nitrogens with zero attached hydrogens (tertiary/aromatic N) is 4. The first-order chi connectivity index (χ1) is 16.0. The Hall–Kier alpha value is -3.54. The fraction of sp³-hybridized carbons (Fsp3) is 0.167. The lowest BCUT2D eigenvalue weighted by Gasteiger charge is -2.13. The molecule has 0 aliphatic rings. The smallest absolute Gasteiger partial charge is 0.272 e. The van der Waals surface area contributed by atoms with Gasteiger partial charge in [-0.3, -0.25) is 14.6 Å². The van der Waals surface area contributed by atoms with Gasteiger partial charge in [-0.2, -0.15) is 15.5 Å². The van der Waals surface area contributed by atoms with Crippen LogP contribution in [0.5, 0.6) is 0 Å². The number of amides is 1. The molecule has 0 spiro atoms. The first-order valence-electron chi connectivity index (χ1n) is 10.3. The highest BCUT2D eigenvalue weighted by Crippen LogP contribution is 2.24. The Labute approximate surface area is 200 Å². The van der Waals surface area contributed by atoms with Gasteiger partial charge in [0.2, 0.25) is 0 Å². The number of nitrogens with one attached hydrogen (secondary N) is 2. The molecule has 4 rings (SSSR count). The van der Waals surface area contributed by atoms with E-state index in [1.165, 1.54) is 0 Å². The van der Waals surface area contributed by atoms with Gasteiger partial charge < -0.3 is 5.32 Å². The summed E-state index contributed by atoms with van der Waals surface area (Å²) in [5, 5.41) is 24.0. The highest BCUT2D eigenvalue weighted by atomic mass is 35.5. The van der Waals surface area contributed by atoms with Crippen LogP contribution in [0, 0.1) is 11.3 Å². The van der Waals surface area contributed by atoms with Gasteiger partial charge in [0.1, 0.15) is 11.8 Å². The van der Waals surface area contributed by atoms with Crippen molar-refractivity contribution in [1.82, 2.24) is 25.3 Å². The molecule has 0 saturated carbocycles. The molecule has 2 aromatic carbocycles. The summed E-state index contributed by atoms with van der Waals surface area (Å²) in [4.78, 5) is 13.7. The molecule has 0 aliphatic heterocycles.